The van der Waals surface area contributed by atoms with Gasteiger partial charge in [-0.1, -0.05) is 37.3 Å². The van der Waals surface area contributed by atoms with Gasteiger partial charge in [-0.25, -0.2) is 0 Å². The SMILES string of the molecule is CC(Cc1ccccc1)NCC1(C)CC1. The number of rotatable bonds is 5. The van der Waals surface area contributed by atoms with E-state index in [0.717, 1.165) is 6.42 Å². The van der Waals surface area contributed by atoms with E-state index < -0.39 is 0 Å². The van der Waals surface area contributed by atoms with E-state index >= 15 is 0 Å². The molecule has 0 aliphatic heterocycles. The Morgan fingerprint density at radius 3 is 2.53 bits per heavy atom. The van der Waals surface area contributed by atoms with Crippen LogP contribution in [0.5, 0.6) is 0 Å². The maximum Gasteiger partial charge on any atom is 0.00793 e. The summed E-state index contributed by atoms with van der Waals surface area (Å²) in [5.41, 5.74) is 2.05. The van der Waals surface area contributed by atoms with E-state index in [-0.39, 0.29) is 0 Å². The fourth-order valence-electron chi connectivity index (χ4n) is 1.85. The number of hydrogen-bond acceptors (Lipinski definition) is 1. The molecule has 0 saturated heterocycles. The predicted molar refractivity (Wildman–Crippen MR) is 65.0 cm³/mol. The topological polar surface area (TPSA) is 12.0 Å². The Morgan fingerprint density at radius 2 is 1.93 bits per heavy atom. The lowest BCUT2D eigenvalue weighted by atomic mass is 10.1. The van der Waals surface area contributed by atoms with Crippen molar-refractivity contribution in [3.8, 4) is 0 Å². The van der Waals surface area contributed by atoms with Crippen LogP contribution in [0.2, 0.25) is 0 Å². The van der Waals surface area contributed by atoms with Crippen LogP contribution in [0.4, 0.5) is 0 Å². The Balaban J connectivity index is 1.75. The highest BCUT2D eigenvalue weighted by Crippen LogP contribution is 2.44. The van der Waals surface area contributed by atoms with Crippen LogP contribution < -0.4 is 5.32 Å². The second-order valence-corrected chi connectivity index (χ2v) is 5.28. The molecule has 1 nitrogen and oxygen atoms in total. The van der Waals surface area contributed by atoms with Crippen LogP contribution in [0.25, 0.3) is 0 Å². The summed E-state index contributed by atoms with van der Waals surface area (Å²) < 4.78 is 0. The molecule has 1 heteroatoms. The summed E-state index contributed by atoms with van der Waals surface area (Å²) in [6.45, 7) is 5.83. The molecular weight excluding hydrogens is 182 g/mol. The Hall–Kier alpha value is -0.820. The molecule has 1 aromatic rings. The van der Waals surface area contributed by atoms with Crippen molar-refractivity contribution < 1.29 is 0 Å². The molecule has 0 bridgehead atoms. The molecule has 1 saturated carbocycles. The number of nitrogens with one attached hydrogen (secondary N) is 1. The molecule has 82 valence electrons. The van der Waals surface area contributed by atoms with Gasteiger partial charge in [-0.2, -0.15) is 0 Å². The van der Waals surface area contributed by atoms with Crippen LogP contribution in [0.3, 0.4) is 0 Å². The first kappa shape index (κ1) is 10.7. The van der Waals surface area contributed by atoms with Gasteiger partial charge in [-0.3, -0.25) is 0 Å². The lowest BCUT2D eigenvalue weighted by Crippen LogP contribution is -2.32. The number of benzene rings is 1. The van der Waals surface area contributed by atoms with Gasteiger partial charge in [0.2, 0.25) is 0 Å². The first-order valence-corrected chi connectivity index (χ1v) is 5.95. The lowest BCUT2D eigenvalue weighted by Gasteiger charge is -2.16. The Bertz CT molecular complexity index is 300. The van der Waals surface area contributed by atoms with Crippen molar-refractivity contribution in [1.82, 2.24) is 5.32 Å². The highest BCUT2D eigenvalue weighted by atomic mass is 14.9. The summed E-state index contributed by atoms with van der Waals surface area (Å²) in [6, 6.07) is 11.3. The minimum atomic E-state index is 0.588. The minimum Gasteiger partial charge on any atom is -0.313 e. The van der Waals surface area contributed by atoms with Crippen molar-refractivity contribution in [1.29, 1.82) is 0 Å². The lowest BCUT2D eigenvalue weighted by molar-refractivity contribution is 0.447. The van der Waals surface area contributed by atoms with E-state index in [1.54, 1.807) is 0 Å². The largest absolute Gasteiger partial charge is 0.313 e. The van der Waals surface area contributed by atoms with Crippen LogP contribution in [0, 0.1) is 5.41 Å². The highest BCUT2D eigenvalue weighted by Gasteiger charge is 2.36. The Kier molecular flexibility index (Phi) is 3.11. The Labute approximate surface area is 92.9 Å². The zero-order chi connectivity index (χ0) is 10.7. The van der Waals surface area contributed by atoms with Crippen LogP contribution in [0.1, 0.15) is 32.3 Å². The summed E-state index contributed by atoms with van der Waals surface area (Å²) in [7, 11) is 0. The summed E-state index contributed by atoms with van der Waals surface area (Å²) >= 11 is 0. The zero-order valence-electron chi connectivity index (χ0n) is 9.79. The number of hydrogen-bond donors (Lipinski definition) is 1. The summed E-state index contributed by atoms with van der Waals surface area (Å²) in [5.74, 6) is 0. The quantitative estimate of drug-likeness (QED) is 0.775. The molecule has 0 amide bonds. The van der Waals surface area contributed by atoms with Crippen LogP contribution in [-0.2, 0) is 6.42 Å². The average molecular weight is 203 g/mol. The van der Waals surface area contributed by atoms with E-state index in [0.29, 0.717) is 11.5 Å². The molecule has 0 aromatic heterocycles. The summed E-state index contributed by atoms with van der Waals surface area (Å²) in [6.07, 6.45) is 3.94. The molecule has 1 atom stereocenters. The van der Waals surface area contributed by atoms with Crippen molar-refractivity contribution in [2.75, 3.05) is 6.54 Å². The highest BCUT2D eigenvalue weighted by molar-refractivity contribution is 5.15. The van der Waals surface area contributed by atoms with Crippen LogP contribution in [-0.4, -0.2) is 12.6 Å². The third-order valence-electron chi connectivity index (χ3n) is 3.37. The normalized spacial score (nSPS) is 19.9. The van der Waals surface area contributed by atoms with Gasteiger partial charge in [0.15, 0.2) is 0 Å². The van der Waals surface area contributed by atoms with Crippen molar-refractivity contribution in [3.05, 3.63) is 35.9 Å². The van der Waals surface area contributed by atoms with Crippen LogP contribution >= 0.6 is 0 Å². The van der Waals surface area contributed by atoms with Crippen molar-refractivity contribution in [2.24, 2.45) is 5.41 Å². The fourth-order valence-corrected chi connectivity index (χ4v) is 1.85. The smallest absolute Gasteiger partial charge is 0.00793 e. The van der Waals surface area contributed by atoms with Gasteiger partial charge in [0.1, 0.15) is 0 Å². The van der Waals surface area contributed by atoms with E-state index in [1.165, 1.54) is 24.9 Å². The van der Waals surface area contributed by atoms with Gasteiger partial charge in [-0.15, -0.1) is 0 Å². The third-order valence-corrected chi connectivity index (χ3v) is 3.37. The molecule has 1 aromatic carbocycles. The molecular formula is C14H21N. The average Bonchev–Trinajstić information content (AvgIpc) is 2.96. The van der Waals surface area contributed by atoms with Gasteiger partial charge in [0, 0.05) is 12.6 Å². The summed E-state index contributed by atoms with van der Waals surface area (Å²) in [5, 5.41) is 3.63. The molecule has 0 heterocycles. The van der Waals surface area contributed by atoms with E-state index in [1.807, 2.05) is 0 Å². The van der Waals surface area contributed by atoms with E-state index in [2.05, 4.69) is 49.5 Å². The minimum absolute atomic E-state index is 0.588. The standard InChI is InChI=1S/C14H21N/c1-12(15-11-14(2)8-9-14)10-13-6-4-3-5-7-13/h3-7,12,15H,8-11H2,1-2H3. The van der Waals surface area contributed by atoms with Crippen LogP contribution in [0.15, 0.2) is 30.3 Å². The van der Waals surface area contributed by atoms with Gasteiger partial charge >= 0.3 is 0 Å². The van der Waals surface area contributed by atoms with E-state index in [9.17, 15) is 0 Å². The van der Waals surface area contributed by atoms with Gasteiger partial charge in [0.05, 0.1) is 0 Å². The van der Waals surface area contributed by atoms with Crippen molar-refractivity contribution in [2.45, 2.75) is 39.2 Å². The molecule has 1 fully saturated rings. The molecule has 0 radical (unpaired) electrons. The maximum absolute atomic E-state index is 3.63. The summed E-state index contributed by atoms with van der Waals surface area (Å²) in [4.78, 5) is 0. The molecule has 2 rings (SSSR count). The molecule has 1 unspecified atom stereocenters. The van der Waals surface area contributed by atoms with E-state index in [4.69, 9.17) is 0 Å². The predicted octanol–water partition coefficient (Wildman–Crippen LogP) is 3.01. The monoisotopic (exact) mass is 203 g/mol. The second kappa shape index (κ2) is 4.36. The zero-order valence-corrected chi connectivity index (χ0v) is 9.79. The van der Waals surface area contributed by atoms with Gasteiger partial charge in [0.25, 0.3) is 0 Å². The second-order valence-electron chi connectivity index (χ2n) is 5.28. The molecule has 1 aliphatic carbocycles. The van der Waals surface area contributed by atoms with Crippen molar-refractivity contribution >= 4 is 0 Å². The fraction of sp³-hybridized carbons (Fsp3) is 0.571. The van der Waals surface area contributed by atoms with Gasteiger partial charge in [-0.05, 0) is 37.2 Å². The maximum atomic E-state index is 3.63. The third kappa shape index (κ3) is 3.35. The molecule has 1 N–H and O–H groups in total. The first-order valence-electron chi connectivity index (χ1n) is 5.95. The molecule has 15 heavy (non-hydrogen) atoms. The first-order chi connectivity index (χ1) is 7.18. The molecule has 1 aliphatic rings. The van der Waals surface area contributed by atoms with Gasteiger partial charge < -0.3 is 5.32 Å². The molecule has 0 spiro atoms. The van der Waals surface area contributed by atoms with Crippen molar-refractivity contribution in [3.63, 3.8) is 0 Å². The Morgan fingerprint density at radius 1 is 1.27 bits per heavy atom.